The summed E-state index contributed by atoms with van der Waals surface area (Å²) in [6.45, 7) is 2.87. The van der Waals surface area contributed by atoms with Gasteiger partial charge in [-0.1, -0.05) is 0 Å². The van der Waals surface area contributed by atoms with Crippen molar-refractivity contribution in [3.8, 4) is 0 Å². The maximum atomic E-state index is 13.1. The molecule has 92 valence electrons. The van der Waals surface area contributed by atoms with Crippen molar-refractivity contribution in [3.63, 3.8) is 0 Å². The third kappa shape index (κ3) is 2.68. The Balaban J connectivity index is 2.21. The molecule has 1 atom stereocenters. The molecule has 0 bridgehead atoms. The summed E-state index contributed by atoms with van der Waals surface area (Å²) in [5.41, 5.74) is 0.548. The molecule has 2 nitrogen and oxygen atoms in total. The smallest absolute Gasteiger partial charge is 0.254 e. The molecule has 1 aliphatic rings. The van der Waals surface area contributed by atoms with Gasteiger partial charge in [-0.3, -0.25) is 4.79 Å². The van der Waals surface area contributed by atoms with E-state index in [-0.39, 0.29) is 17.8 Å². The van der Waals surface area contributed by atoms with E-state index in [0.717, 1.165) is 19.4 Å². The Kier molecular flexibility index (Phi) is 3.82. The Morgan fingerprint density at radius 1 is 1.47 bits per heavy atom. The predicted molar refractivity (Wildman–Crippen MR) is 68.4 cm³/mol. The first-order valence-corrected chi connectivity index (χ1v) is 6.65. The van der Waals surface area contributed by atoms with Crippen molar-refractivity contribution in [1.82, 2.24) is 4.90 Å². The standard InChI is InChI=1S/C13H15BrFNO/c1-9-4-2-3-7-16(9)13(17)10-5-6-12(15)11(14)8-10/h5-6,8-9H,2-4,7H2,1H3. The molecule has 1 aromatic carbocycles. The summed E-state index contributed by atoms with van der Waals surface area (Å²) >= 11 is 3.11. The van der Waals surface area contributed by atoms with Crippen molar-refractivity contribution < 1.29 is 9.18 Å². The highest BCUT2D eigenvalue weighted by molar-refractivity contribution is 9.10. The topological polar surface area (TPSA) is 20.3 Å². The number of benzene rings is 1. The lowest BCUT2D eigenvalue weighted by atomic mass is 10.0. The molecule has 1 amide bonds. The minimum Gasteiger partial charge on any atom is -0.336 e. The highest BCUT2D eigenvalue weighted by atomic mass is 79.9. The van der Waals surface area contributed by atoms with Gasteiger partial charge in [0, 0.05) is 18.2 Å². The Morgan fingerprint density at radius 2 is 2.24 bits per heavy atom. The summed E-state index contributed by atoms with van der Waals surface area (Å²) in [7, 11) is 0. The first-order chi connectivity index (χ1) is 8.09. The minimum absolute atomic E-state index is 0.00194. The number of hydrogen-bond acceptors (Lipinski definition) is 1. The molecule has 1 fully saturated rings. The molecule has 17 heavy (non-hydrogen) atoms. The van der Waals surface area contributed by atoms with Crippen LogP contribution in [0.1, 0.15) is 36.5 Å². The van der Waals surface area contributed by atoms with Gasteiger partial charge < -0.3 is 4.90 Å². The number of likely N-dealkylation sites (tertiary alicyclic amines) is 1. The molecule has 0 radical (unpaired) electrons. The van der Waals surface area contributed by atoms with Gasteiger partial charge in [-0.15, -0.1) is 0 Å². The van der Waals surface area contributed by atoms with Gasteiger partial charge in [-0.25, -0.2) is 4.39 Å². The fourth-order valence-electron chi connectivity index (χ4n) is 2.19. The zero-order valence-electron chi connectivity index (χ0n) is 9.75. The van der Waals surface area contributed by atoms with Gasteiger partial charge in [-0.2, -0.15) is 0 Å². The second-order valence-corrected chi connectivity index (χ2v) is 5.33. The van der Waals surface area contributed by atoms with E-state index in [1.54, 1.807) is 12.1 Å². The van der Waals surface area contributed by atoms with Crippen molar-refractivity contribution in [1.29, 1.82) is 0 Å². The lowest BCUT2D eigenvalue weighted by Gasteiger charge is -2.33. The molecular formula is C13H15BrFNO. The molecular weight excluding hydrogens is 285 g/mol. The molecule has 1 unspecified atom stereocenters. The molecule has 4 heteroatoms. The number of nitrogens with zero attached hydrogens (tertiary/aromatic N) is 1. The van der Waals surface area contributed by atoms with Gasteiger partial charge in [-0.05, 0) is 60.3 Å². The van der Waals surface area contributed by atoms with E-state index in [1.807, 2.05) is 4.90 Å². The van der Waals surface area contributed by atoms with Gasteiger partial charge in [0.1, 0.15) is 5.82 Å². The lowest BCUT2D eigenvalue weighted by Crippen LogP contribution is -2.42. The second kappa shape index (κ2) is 5.17. The highest BCUT2D eigenvalue weighted by Gasteiger charge is 2.24. The Labute approximate surface area is 109 Å². The van der Waals surface area contributed by atoms with E-state index in [4.69, 9.17) is 0 Å². The van der Waals surface area contributed by atoms with Gasteiger partial charge in [0.25, 0.3) is 5.91 Å². The molecule has 0 spiro atoms. The summed E-state index contributed by atoms with van der Waals surface area (Å²) in [5.74, 6) is -0.342. The SMILES string of the molecule is CC1CCCCN1C(=O)c1ccc(F)c(Br)c1. The average Bonchev–Trinajstić information content (AvgIpc) is 2.32. The molecule has 0 aromatic heterocycles. The van der Waals surface area contributed by atoms with Crippen molar-refractivity contribution in [2.45, 2.75) is 32.2 Å². The molecule has 2 rings (SSSR count). The fraction of sp³-hybridized carbons (Fsp3) is 0.462. The van der Waals surface area contributed by atoms with Crippen LogP contribution < -0.4 is 0 Å². The van der Waals surface area contributed by atoms with Crippen LogP contribution in [0.2, 0.25) is 0 Å². The van der Waals surface area contributed by atoms with Crippen LogP contribution in [0.4, 0.5) is 4.39 Å². The zero-order chi connectivity index (χ0) is 12.4. The minimum atomic E-state index is -0.340. The van der Waals surface area contributed by atoms with E-state index < -0.39 is 0 Å². The van der Waals surface area contributed by atoms with Gasteiger partial charge >= 0.3 is 0 Å². The highest BCUT2D eigenvalue weighted by Crippen LogP contribution is 2.22. The summed E-state index contributed by atoms with van der Waals surface area (Å²) in [5, 5.41) is 0. The zero-order valence-corrected chi connectivity index (χ0v) is 11.3. The van der Waals surface area contributed by atoms with Gasteiger partial charge in [0.05, 0.1) is 4.47 Å². The van der Waals surface area contributed by atoms with Crippen molar-refractivity contribution in [2.24, 2.45) is 0 Å². The van der Waals surface area contributed by atoms with Crippen LogP contribution in [-0.4, -0.2) is 23.4 Å². The number of rotatable bonds is 1. The van der Waals surface area contributed by atoms with E-state index in [9.17, 15) is 9.18 Å². The average molecular weight is 300 g/mol. The van der Waals surface area contributed by atoms with Crippen LogP contribution in [0.5, 0.6) is 0 Å². The number of halogens is 2. The number of carbonyl (C=O) groups excluding carboxylic acids is 1. The second-order valence-electron chi connectivity index (χ2n) is 4.47. The third-order valence-electron chi connectivity index (χ3n) is 3.23. The van der Waals surface area contributed by atoms with Crippen molar-refractivity contribution in [2.75, 3.05) is 6.54 Å². The fourth-order valence-corrected chi connectivity index (χ4v) is 2.57. The van der Waals surface area contributed by atoms with E-state index >= 15 is 0 Å². The van der Waals surface area contributed by atoms with Crippen LogP contribution in [0, 0.1) is 5.82 Å². The van der Waals surface area contributed by atoms with Crippen LogP contribution in [0.3, 0.4) is 0 Å². The first kappa shape index (κ1) is 12.6. The van der Waals surface area contributed by atoms with E-state index in [0.29, 0.717) is 10.0 Å². The quantitative estimate of drug-likeness (QED) is 0.776. The van der Waals surface area contributed by atoms with E-state index in [2.05, 4.69) is 22.9 Å². The monoisotopic (exact) mass is 299 g/mol. The largest absolute Gasteiger partial charge is 0.336 e. The molecule has 1 heterocycles. The number of hydrogen-bond donors (Lipinski definition) is 0. The Bertz CT molecular complexity index is 435. The van der Waals surface area contributed by atoms with Crippen LogP contribution >= 0.6 is 15.9 Å². The molecule has 0 N–H and O–H groups in total. The first-order valence-electron chi connectivity index (χ1n) is 5.85. The van der Waals surface area contributed by atoms with Crippen LogP contribution in [-0.2, 0) is 0 Å². The Morgan fingerprint density at radius 3 is 2.88 bits per heavy atom. The summed E-state index contributed by atoms with van der Waals surface area (Å²) in [6.07, 6.45) is 3.28. The predicted octanol–water partition coefficient (Wildman–Crippen LogP) is 3.60. The summed E-state index contributed by atoms with van der Waals surface area (Å²) in [4.78, 5) is 14.1. The van der Waals surface area contributed by atoms with Crippen LogP contribution in [0.25, 0.3) is 0 Å². The van der Waals surface area contributed by atoms with Crippen molar-refractivity contribution >= 4 is 21.8 Å². The van der Waals surface area contributed by atoms with Crippen LogP contribution in [0.15, 0.2) is 22.7 Å². The summed E-state index contributed by atoms with van der Waals surface area (Å²) < 4.78 is 13.4. The molecule has 1 saturated heterocycles. The molecule has 0 aliphatic carbocycles. The Hall–Kier alpha value is -0.900. The maximum Gasteiger partial charge on any atom is 0.254 e. The maximum absolute atomic E-state index is 13.1. The third-order valence-corrected chi connectivity index (χ3v) is 3.84. The van der Waals surface area contributed by atoms with Gasteiger partial charge in [0.2, 0.25) is 0 Å². The van der Waals surface area contributed by atoms with E-state index in [1.165, 1.54) is 12.5 Å². The number of carbonyl (C=O) groups is 1. The summed E-state index contributed by atoms with van der Waals surface area (Å²) in [6, 6.07) is 4.70. The lowest BCUT2D eigenvalue weighted by molar-refractivity contribution is 0.0635. The molecule has 1 aromatic rings. The van der Waals surface area contributed by atoms with Crippen molar-refractivity contribution in [3.05, 3.63) is 34.1 Å². The van der Waals surface area contributed by atoms with Gasteiger partial charge in [0.15, 0.2) is 0 Å². The normalized spacial score (nSPS) is 20.4. The number of amides is 1. The molecule has 0 saturated carbocycles. The molecule has 1 aliphatic heterocycles. The number of piperidine rings is 1.